The number of amides is 1. The van der Waals surface area contributed by atoms with Crippen molar-refractivity contribution in [3.63, 3.8) is 0 Å². The van der Waals surface area contributed by atoms with Gasteiger partial charge in [-0.25, -0.2) is 4.68 Å². The van der Waals surface area contributed by atoms with E-state index in [4.69, 9.17) is 26.8 Å². The number of carbonyl (C=O) groups is 1. The molecule has 11 heteroatoms. The molecular formula is C24H22N4O5S2. The van der Waals surface area contributed by atoms with E-state index in [0.29, 0.717) is 45.9 Å². The lowest BCUT2D eigenvalue weighted by molar-refractivity contribution is -0.385. The van der Waals surface area contributed by atoms with Crippen LogP contribution in [-0.4, -0.2) is 56.7 Å². The number of para-hydroxylation sites is 1. The Kier molecular flexibility index (Phi) is 7.59. The third kappa shape index (κ3) is 5.26. The number of ether oxygens (including phenoxy) is 2. The van der Waals surface area contributed by atoms with Gasteiger partial charge in [0.25, 0.3) is 5.91 Å². The number of methoxy groups -OCH3 is 1. The average molecular weight is 511 g/mol. The number of hydrogen-bond donors (Lipinski definition) is 0. The topological polar surface area (TPSA) is 99.7 Å². The van der Waals surface area contributed by atoms with Gasteiger partial charge in [-0.15, -0.1) is 0 Å². The normalized spacial score (nSPS) is 14.7. The van der Waals surface area contributed by atoms with Crippen molar-refractivity contribution in [3.8, 4) is 22.7 Å². The van der Waals surface area contributed by atoms with Crippen LogP contribution in [0.2, 0.25) is 0 Å². The molecule has 35 heavy (non-hydrogen) atoms. The Morgan fingerprint density at radius 1 is 1.20 bits per heavy atom. The lowest BCUT2D eigenvalue weighted by Crippen LogP contribution is -2.31. The minimum absolute atomic E-state index is 0.140. The van der Waals surface area contributed by atoms with Crippen LogP contribution in [0.15, 0.2) is 59.5 Å². The summed E-state index contributed by atoms with van der Waals surface area (Å²) < 4.78 is 12.6. The highest BCUT2D eigenvalue weighted by Gasteiger charge is 2.32. The van der Waals surface area contributed by atoms with Crippen LogP contribution in [0.1, 0.15) is 12.6 Å². The van der Waals surface area contributed by atoms with Gasteiger partial charge in [0, 0.05) is 18.7 Å². The minimum atomic E-state index is -0.477. The largest absolute Gasteiger partial charge is 0.487 e. The Bertz CT molecular complexity index is 1310. The molecule has 0 unspecified atom stereocenters. The number of thiocarbonyl (C=S) groups is 1. The van der Waals surface area contributed by atoms with Crippen LogP contribution in [0, 0.1) is 10.1 Å². The van der Waals surface area contributed by atoms with Crippen LogP contribution in [0.5, 0.6) is 5.75 Å². The van der Waals surface area contributed by atoms with Gasteiger partial charge in [0.1, 0.15) is 4.32 Å². The molecule has 1 aliphatic heterocycles. The van der Waals surface area contributed by atoms with Gasteiger partial charge in [0.2, 0.25) is 0 Å². The maximum atomic E-state index is 12.9. The molecule has 1 fully saturated rings. The summed E-state index contributed by atoms with van der Waals surface area (Å²) in [5.74, 6) is -0.000171. The summed E-state index contributed by atoms with van der Waals surface area (Å²) in [5.41, 5.74) is 2.34. The number of benzene rings is 2. The number of hydrogen-bond acceptors (Lipinski definition) is 8. The molecule has 0 aliphatic carbocycles. The van der Waals surface area contributed by atoms with Gasteiger partial charge in [-0.1, -0.05) is 42.2 Å². The fraction of sp³-hybridized carbons (Fsp3) is 0.208. The van der Waals surface area contributed by atoms with E-state index in [1.54, 1.807) is 43.0 Å². The van der Waals surface area contributed by atoms with E-state index in [0.717, 1.165) is 5.69 Å². The summed E-state index contributed by atoms with van der Waals surface area (Å²) in [6.07, 6.45) is 1.73. The van der Waals surface area contributed by atoms with E-state index in [2.05, 4.69) is 0 Å². The predicted octanol–water partition coefficient (Wildman–Crippen LogP) is 4.69. The van der Waals surface area contributed by atoms with Crippen molar-refractivity contribution in [2.75, 3.05) is 26.9 Å². The molecule has 1 amide bonds. The van der Waals surface area contributed by atoms with Gasteiger partial charge in [0.05, 0.1) is 46.7 Å². The zero-order chi connectivity index (χ0) is 24.9. The van der Waals surface area contributed by atoms with Crippen LogP contribution >= 0.6 is 24.0 Å². The Morgan fingerprint density at radius 3 is 2.66 bits per heavy atom. The average Bonchev–Trinajstić information content (AvgIpc) is 3.39. The lowest BCUT2D eigenvalue weighted by atomic mass is 10.1. The Morgan fingerprint density at radius 2 is 1.97 bits per heavy atom. The highest BCUT2D eigenvalue weighted by molar-refractivity contribution is 8.26. The fourth-order valence-corrected chi connectivity index (χ4v) is 4.82. The highest BCUT2D eigenvalue weighted by atomic mass is 32.2. The first kappa shape index (κ1) is 24.6. The highest BCUT2D eigenvalue weighted by Crippen LogP contribution is 2.35. The van der Waals surface area contributed by atoms with Crippen LogP contribution in [0.3, 0.4) is 0 Å². The van der Waals surface area contributed by atoms with Crippen LogP contribution in [0.4, 0.5) is 5.69 Å². The molecule has 0 saturated carbocycles. The number of rotatable bonds is 9. The predicted molar refractivity (Wildman–Crippen MR) is 139 cm³/mol. The smallest absolute Gasteiger partial charge is 0.311 e. The molecule has 4 rings (SSSR count). The molecule has 9 nitrogen and oxygen atoms in total. The molecule has 180 valence electrons. The standard InChI is InChI=1S/C24H22N4O5S2/c1-3-33-21-10-9-16(13-20(21)28(30)31)19-14-18(27(25-19)17-7-5-4-6-8-17)15-22-23(29)26(11-12-32-2)24(34)35-22/h4-10,13-15H,3,11-12H2,1-2H3. The van der Waals surface area contributed by atoms with Crippen molar-refractivity contribution in [3.05, 3.63) is 75.3 Å². The van der Waals surface area contributed by atoms with Gasteiger partial charge in [0.15, 0.2) is 5.75 Å². The second-order valence-corrected chi connectivity index (χ2v) is 9.08. The van der Waals surface area contributed by atoms with Crippen LogP contribution in [-0.2, 0) is 9.53 Å². The molecule has 1 aliphatic rings. The summed E-state index contributed by atoms with van der Waals surface area (Å²) in [5, 5.41) is 16.3. The van der Waals surface area contributed by atoms with E-state index in [1.807, 2.05) is 30.3 Å². The van der Waals surface area contributed by atoms with Crippen molar-refractivity contribution < 1.29 is 19.2 Å². The van der Waals surface area contributed by atoms with Gasteiger partial charge >= 0.3 is 5.69 Å². The molecule has 2 aromatic carbocycles. The summed E-state index contributed by atoms with van der Waals surface area (Å²) in [7, 11) is 1.57. The zero-order valence-electron chi connectivity index (χ0n) is 19.0. The quantitative estimate of drug-likeness (QED) is 0.177. The molecule has 0 N–H and O–H groups in total. The zero-order valence-corrected chi connectivity index (χ0v) is 20.7. The third-order valence-electron chi connectivity index (χ3n) is 5.16. The molecule has 0 spiro atoms. The molecule has 0 bridgehead atoms. The van der Waals surface area contributed by atoms with Gasteiger partial charge < -0.3 is 9.47 Å². The Balaban J connectivity index is 1.78. The van der Waals surface area contributed by atoms with Crippen molar-refractivity contribution in [1.29, 1.82) is 0 Å². The van der Waals surface area contributed by atoms with E-state index in [-0.39, 0.29) is 17.3 Å². The number of carbonyl (C=O) groups excluding carboxylic acids is 1. The Labute approximate surface area is 211 Å². The maximum absolute atomic E-state index is 12.9. The molecule has 2 heterocycles. The number of nitro groups is 1. The molecule has 0 atom stereocenters. The van der Waals surface area contributed by atoms with Gasteiger partial charge in [-0.05, 0) is 43.3 Å². The first-order chi connectivity index (χ1) is 16.9. The number of thioether (sulfide) groups is 1. The molecular weight excluding hydrogens is 488 g/mol. The van der Waals surface area contributed by atoms with Crippen molar-refractivity contribution in [2.24, 2.45) is 0 Å². The molecule has 0 radical (unpaired) electrons. The minimum Gasteiger partial charge on any atom is -0.487 e. The molecule has 1 aromatic heterocycles. The lowest BCUT2D eigenvalue weighted by Gasteiger charge is -2.12. The van der Waals surface area contributed by atoms with E-state index < -0.39 is 4.92 Å². The molecule has 3 aromatic rings. The van der Waals surface area contributed by atoms with Gasteiger partial charge in [-0.3, -0.25) is 19.8 Å². The maximum Gasteiger partial charge on any atom is 0.311 e. The fourth-order valence-electron chi connectivity index (χ4n) is 3.52. The van der Waals surface area contributed by atoms with Crippen molar-refractivity contribution in [1.82, 2.24) is 14.7 Å². The van der Waals surface area contributed by atoms with E-state index >= 15 is 0 Å². The Hall–Kier alpha value is -3.54. The summed E-state index contributed by atoms with van der Waals surface area (Å²) in [4.78, 5) is 26.0. The second-order valence-electron chi connectivity index (χ2n) is 7.40. The van der Waals surface area contributed by atoms with Gasteiger partial charge in [-0.2, -0.15) is 5.10 Å². The van der Waals surface area contributed by atoms with E-state index in [1.165, 1.54) is 22.7 Å². The SMILES string of the molecule is CCOc1ccc(-c2cc(C=C3SC(=S)N(CCOC)C3=O)n(-c3ccccc3)n2)cc1[N+](=O)[O-]. The summed E-state index contributed by atoms with van der Waals surface area (Å²) in [6, 6.07) is 16.0. The molecule has 1 saturated heterocycles. The summed E-state index contributed by atoms with van der Waals surface area (Å²) in [6.45, 7) is 2.83. The van der Waals surface area contributed by atoms with Crippen molar-refractivity contribution >= 4 is 46.0 Å². The number of aromatic nitrogens is 2. The first-order valence-electron chi connectivity index (χ1n) is 10.7. The summed E-state index contributed by atoms with van der Waals surface area (Å²) >= 11 is 6.59. The first-order valence-corrected chi connectivity index (χ1v) is 12.0. The number of nitrogens with zero attached hydrogens (tertiary/aromatic N) is 4. The monoisotopic (exact) mass is 510 g/mol. The number of nitro benzene ring substituents is 1. The second kappa shape index (κ2) is 10.8. The van der Waals surface area contributed by atoms with Crippen LogP contribution < -0.4 is 4.74 Å². The third-order valence-corrected chi connectivity index (χ3v) is 6.54. The van der Waals surface area contributed by atoms with E-state index in [9.17, 15) is 14.9 Å². The van der Waals surface area contributed by atoms with Crippen molar-refractivity contribution in [2.45, 2.75) is 6.92 Å². The van der Waals surface area contributed by atoms with Crippen LogP contribution in [0.25, 0.3) is 23.0 Å².